The molecule has 6 nitrogen and oxygen atoms in total. The van der Waals surface area contributed by atoms with Gasteiger partial charge in [0.2, 0.25) is 0 Å². The number of alkyl halides is 3. The summed E-state index contributed by atoms with van der Waals surface area (Å²) in [7, 11) is 0. The van der Waals surface area contributed by atoms with E-state index < -0.39 is 11.9 Å². The lowest BCUT2D eigenvalue weighted by atomic mass is 10.1. The molecule has 3 aromatic rings. The molecule has 3 heterocycles. The number of aromatic nitrogens is 4. The van der Waals surface area contributed by atoms with E-state index >= 15 is 0 Å². The van der Waals surface area contributed by atoms with Crippen molar-refractivity contribution >= 4 is 5.78 Å². The van der Waals surface area contributed by atoms with Gasteiger partial charge in [-0.15, -0.1) is 0 Å². The van der Waals surface area contributed by atoms with Crippen molar-refractivity contribution < 1.29 is 22.6 Å². The molecule has 0 amide bonds. The molecule has 0 bridgehead atoms. The van der Waals surface area contributed by atoms with E-state index in [4.69, 9.17) is 9.47 Å². The van der Waals surface area contributed by atoms with Gasteiger partial charge in [-0.3, -0.25) is 0 Å². The second-order valence-electron chi connectivity index (χ2n) is 4.85. The summed E-state index contributed by atoms with van der Waals surface area (Å²) < 4.78 is 51.1. The minimum absolute atomic E-state index is 0.121. The van der Waals surface area contributed by atoms with Gasteiger partial charge in [0, 0.05) is 5.56 Å². The third-order valence-electron chi connectivity index (χ3n) is 3.38. The van der Waals surface area contributed by atoms with Crippen LogP contribution in [-0.4, -0.2) is 32.8 Å². The second kappa shape index (κ2) is 4.83. The Balaban J connectivity index is 1.89. The van der Waals surface area contributed by atoms with Gasteiger partial charge in [0.15, 0.2) is 17.2 Å². The summed E-state index contributed by atoms with van der Waals surface area (Å²) in [4.78, 5) is 7.87. The van der Waals surface area contributed by atoms with Crippen LogP contribution in [0.25, 0.3) is 17.0 Å². The first kappa shape index (κ1) is 13.8. The molecule has 0 spiro atoms. The van der Waals surface area contributed by atoms with Crippen molar-refractivity contribution in [2.24, 2.45) is 0 Å². The van der Waals surface area contributed by atoms with Gasteiger partial charge >= 0.3 is 6.18 Å². The van der Waals surface area contributed by atoms with Crippen molar-refractivity contribution in [3.8, 4) is 22.8 Å². The smallest absolute Gasteiger partial charge is 0.433 e. The molecule has 1 aliphatic rings. The highest BCUT2D eigenvalue weighted by molar-refractivity contribution is 5.66. The monoisotopic (exact) mass is 322 g/mol. The average Bonchev–Trinajstić information content (AvgIpc) is 3.00. The van der Waals surface area contributed by atoms with Crippen molar-refractivity contribution in [2.75, 3.05) is 13.2 Å². The van der Waals surface area contributed by atoms with Gasteiger partial charge in [-0.05, 0) is 24.3 Å². The predicted octanol–water partition coefficient (Wildman–Crippen LogP) is 2.58. The lowest BCUT2D eigenvalue weighted by Gasteiger charge is -2.19. The minimum Gasteiger partial charge on any atom is -0.486 e. The van der Waals surface area contributed by atoms with E-state index in [1.54, 1.807) is 18.2 Å². The van der Waals surface area contributed by atoms with E-state index in [0.29, 0.717) is 34.8 Å². The zero-order valence-electron chi connectivity index (χ0n) is 11.5. The molecule has 0 N–H and O–H groups in total. The Kier molecular flexibility index (Phi) is 2.90. The SMILES string of the molecule is FC(F)(F)c1cc(-c2ccc3c(c2)OCCO3)nc2ncnn12. The Morgan fingerprint density at radius 2 is 1.83 bits per heavy atom. The van der Waals surface area contributed by atoms with Crippen LogP contribution in [0.15, 0.2) is 30.6 Å². The summed E-state index contributed by atoms with van der Waals surface area (Å²) in [6, 6.07) is 5.81. The van der Waals surface area contributed by atoms with Crippen molar-refractivity contribution in [2.45, 2.75) is 6.18 Å². The topological polar surface area (TPSA) is 61.5 Å². The first-order chi connectivity index (χ1) is 11.0. The third-order valence-corrected chi connectivity index (χ3v) is 3.38. The molecule has 0 radical (unpaired) electrons. The van der Waals surface area contributed by atoms with Crippen LogP contribution in [0.2, 0.25) is 0 Å². The summed E-state index contributed by atoms with van der Waals surface area (Å²) in [5, 5.41) is 3.57. The lowest BCUT2D eigenvalue weighted by molar-refractivity contribution is -0.142. The number of halogens is 3. The number of fused-ring (bicyclic) bond motifs is 2. The van der Waals surface area contributed by atoms with Gasteiger partial charge in [-0.1, -0.05) is 0 Å². The minimum atomic E-state index is -4.57. The van der Waals surface area contributed by atoms with E-state index in [-0.39, 0.29) is 11.5 Å². The van der Waals surface area contributed by atoms with Crippen LogP contribution in [0.5, 0.6) is 11.5 Å². The number of benzene rings is 1. The molecule has 1 aliphatic heterocycles. The molecule has 1 aromatic carbocycles. The van der Waals surface area contributed by atoms with E-state index in [0.717, 1.165) is 12.4 Å². The van der Waals surface area contributed by atoms with Gasteiger partial charge in [-0.25, -0.2) is 4.98 Å². The van der Waals surface area contributed by atoms with Crippen LogP contribution >= 0.6 is 0 Å². The summed E-state index contributed by atoms with van der Waals surface area (Å²) >= 11 is 0. The fourth-order valence-electron chi connectivity index (χ4n) is 2.36. The van der Waals surface area contributed by atoms with Crippen molar-refractivity contribution in [1.82, 2.24) is 19.6 Å². The Hall–Kier alpha value is -2.84. The first-order valence-electron chi connectivity index (χ1n) is 6.70. The maximum absolute atomic E-state index is 13.2. The molecule has 0 saturated carbocycles. The van der Waals surface area contributed by atoms with Gasteiger partial charge < -0.3 is 9.47 Å². The molecule has 23 heavy (non-hydrogen) atoms. The van der Waals surface area contributed by atoms with Gasteiger partial charge in [0.05, 0.1) is 5.69 Å². The summed E-state index contributed by atoms with van der Waals surface area (Å²) in [5.74, 6) is 0.912. The molecular formula is C14H9F3N4O2. The molecule has 4 rings (SSSR count). The number of ether oxygens (including phenoxy) is 2. The highest BCUT2D eigenvalue weighted by Gasteiger charge is 2.35. The van der Waals surface area contributed by atoms with Crippen molar-refractivity contribution in [3.05, 3.63) is 36.3 Å². The van der Waals surface area contributed by atoms with Crippen LogP contribution in [0.4, 0.5) is 13.2 Å². The molecule has 0 saturated heterocycles. The molecule has 0 fully saturated rings. The van der Waals surface area contributed by atoms with E-state index in [1.165, 1.54) is 0 Å². The van der Waals surface area contributed by atoms with Crippen molar-refractivity contribution in [3.63, 3.8) is 0 Å². The van der Waals surface area contributed by atoms with Gasteiger partial charge in [0.25, 0.3) is 5.78 Å². The largest absolute Gasteiger partial charge is 0.486 e. The highest BCUT2D eigenvalue weighted by Crippen LogP contribution is 2.36. The van der Waals surface area contributed by atoms with Crippen molar-refractivity contribution in [1.29, 1.82) is 0 Å². The number of rotatable bonds is 1. The normalized spacial score (nSPS) is 14.2. The number of hydrogen-bond acceptors (Lipinski definition) is 5. The van der Waals surface area contributed by atoms with Crippen LogP contribution in [0, 0.1) is 0 Å². The summed E-state index contributed by atoms with van der Waals surface area (Å²) in [6.07, 6.45) is -3.54. The Bertz CT molecular complexity index is 891. The van der Waals surface area contributed by atoms with E-state index in [9.17, 15) is 13.2 Å². The zero-order chi connectivity index (χ0) is 16.0. The molecule has 0 atom stereocenters. The maximum atomic E-state index is 13.2. The van der Waals surface area contributed by atoms with E-state index in [2.05, 4.69) is 15.1 Å². The Labute approximate surface area is 127 Å². The first-order valence-corrected chi connectivity index (χ1v) is 6.70. The Morgan fingerprint density at radius 3 is 2.61 bits per heavy atom. The molecule has 0 aliphatic carbocycles. The third kappa shape index (κ3) is 2.33. The number of nitrogens with zero attached hydrogens (tertiary/aromatic N) is 4. The quantitative estimate of drug-likeness (QED) is 0.689. The molecule has 9 heteroatoms. The fourth-order valence-corrected chi connectivity index (χ4v) is 2.36. The van der Waals surface area contributed by atoms with Crippen LogP contribution in [-0.2, 0) is 6.18 Å². The molecule has 0 unspecified atom stereocenters. The van der Waals surface area contributed by atoms with Gasteiger partial charge in [0.1, 0.15) is 19.5 Å². The molecule has 2 aromatic heterocycles. The summed E-state index contributed by atoms with van der Waals surface area (Å²) in [6.45, 7) is 0.829. The molecular weight excluding hydrogens is 313 g/mol. The number of hydrogen-bond donors (Lipinski definition) is 0. The average molecular weight is 322 g/mol. The standard InChI is InChI=1S/C14H9F3N4O2/c15-14(16,17)12-6-9(20-13-18-7-19-21(12)13)8-1-2-10-11(5-8)23-4-3-22-10/h1-2,5-7H,3-4H2. The second-order valence-corrected chi connectivity index (χ2v) is 4.85. The zero-order valence-corrected chi connectivity index (χ0v) is 11.5. The van der Waals surface area contributed by atoms with E-state index in [1.807, 2.05) is 0 Å². The predicted molar refractivity (Wildman–Crippen MR) is 72.2 cm³/mol. The Morgan fingerprint density at radius 1 is 1.04 bits per heavy atom. The lowest BCUT2D eigenvalue weighted by Crippen LogP contribution is -2.15. The highest BCUT2D eigenvalue weighted by atomic mass is 19.4. The molecule has 118 valence electrons. The maximum Gasteiger partial charge on any atom is 0.433 e. The van der Waals surface area contributed by atoms with Gasteiger partial charge in [-0.2, -0.15) is 27.8 Å². The van der Waals surface area contributed by atoms with Crippen LogP contribution < -0.4 is 9.47 Å². The van der Waals surface area contributed by atoms with Crippen LogP contribution in [0.1, 0.15) is 5.69 Å². The van der Waals surface area contributed by atoms with Crippen LogP contribution in [0.3, 0.4) is 0 Å². The summed E-state index contributed by atoms with van der Waals surface area (Å²) in [5.41, 5.74) is -0.329. The fraction of sp³-hybridized carbons (Fsp3) is 0.214.